The lowest BCUT2D eigenvalue weighted by Gasteiger charge is -2.14. The lowest BCUT2D eigenvalue weighted by Crippen LogP contribution is -2.12. The van der Waals surface area contributed by atoms with Crippen LogP contribution in [0.5, 0.6) is 0 Å². The van der Waals surface area contributed by atoms with Gasteiger partial charge in [-0.05, 0) is 41.3 Å². The number of carbonyl (C=O) groups is 1. The number of nitrogens with zero attached hydrogens (tertiary/aromatic N) is 1. The molecule has 29 heavy (non-hydrogen) atoms. The quantitative estimate of drug-likeness (QED) is 0.443. The van der Waals surface area contributed by atoms with Crippen molar-refractivity contribution in [2.24, 2.45) is 5.73 Å². The summed E-state index contributed by atoms with van der Waals surface area (Å²) in [7, 11) is 0. The Morgan fingerprint density at radius 1 is 0.862 bits per heavy atom. The highest BCUT2D eigenvalue weighted by atomic mass is 35.5. The largest absolute Gasteiger partial charge is 0.366 e. The summed E-state index contributed by atoms with van der Waals surface area (Å²) in [6.07, 6.45) is 0. The van der Waals surface area contributed by atoms with Gasteiger partial charge in [-0.25, -0.2) is 0 Å². The number of carbonyl (C=O) groups excluding carboxylic acids is 1. The molecule has 0 aliphatic rings. The zero-order valence-corrected chi connectivity index (χ0v) is 16.9. The number of amides is 1. The Kier molecular flexibility index (Phi) is 5.24. The van der Waals surface area contributed by atoms with Gasteiger partial charge in [0.25, 0.3) is 5.91 Å². The molecule has 0 spiro atoms. The molecule has 0 radical (unpaired) electrons. The van der Waals surface area contributed by atoms with Crippen molar-refractivity contribution in [3.63, 3.8) is 0 Å². The van der Waals surface area contributed by atoms with Crippen molar-refractivity contribution < 1.29 is 4.79 Å². The van der Waals surface area contributed by atoms with Gasteiger partial charge < -0.3 is 10.3 Å². The number of primary amides is 1. The average molecular weight is 401 g/mol. The van der Waals surface area contributed by atoms with Crippen molar-refractivity contribution in [1.82, 2.24) is 4.57 Å². The van der Waals surface area contributed by atoms with E-state index in [1.807, 2.05) is 55.5 Å². The second kappa shape index (κ2) is 7.98. The fourth-order valence-electron chi connectivity index (χ4n) is 3.60. The van der Waals surface area contributed by atoms with Crippen LogP contribution in [0.4, 0.5) is 0 Å². The van der Waals surface area contributed by atoms with Gasteiger partial charge in [0.1, 0.15) is 0 Å². The Morgan fingerprint density at radius 2 is 1.45 bits per heavy atom. The maximum Gasteiger partial charge on any atom is 0.250 e. The third-order valence-electron chi connectivity index (χ3n) is 5.21. The fourth-order valence-corrected chi connectivity index (χ4v) is 3.79. The molecular formula is C25H21ClN2O. The van der Waals surface area contributed by atoms with Crippen LogP contribution in [0.15, 0.2) is 84.9 Å². The molecule has 0 fully saturated rings. The molecule has 0 aliphatic carbocycles. The van der Waals surface area contributed by atoms with Gasteiger partial charge in [0.05, 0.1) is 5.56 Å². The van der Waals surface area contributed by atoms with E-state index in [1.165, 1.54) is 5.56 Å². The monoisotopic (exact) mass is 400 g/mol. The molecule has 0 unspecified atom stereocenters. The third-order valence-corrected chi connectivity index (χ3v) is 5.57. The van der Waals surface area contributed by atoms with Crippen LogP contribution in [-0.4, -0.2) is 10.5 Å². The van der Waals surface area contributed by atoms with Gasteiger partial charge >= 0.3 is 0 Å². The highest BCUT2D eigenvalue weighted by Gasteiger charge is 2.17. The van der Waals surface area contributed by atoms with Crippen molar-refractivity contribution in [1.29, 1.82) is 0 Å². The zero-order valence-electron chi connectivity index (χ0n) is 16.1. The summed E-state index contributed by atoms with van der Waals surface area (Å²) in [6.45, 7) is 2.48. The lowest BCUT2D eigenvalue weighted by atomic mass is 10.0. The molecule has 0 aliphatic heterocycles. The molecule has 0 saturated carbocycles. The maximum atomic E-state index is 12.0. The van der Waals surface area contributed by atoms with Crippen LogP contribution in [0.3, 0.4) is 0 Å². The number of nitrogens with two attached hydrogens (primary N) is 1. The topological polar surface area (TPSA) is 48.0 Å². The van der Waals surface area contributed by atoms with Crippen LogP contribution in [-0.2, 0) is 6.54 Å². The van der Waals surface area contributed by atoms with E-state index in [2.05, 4.69) is 41.0 Å². The van der Waals surface area contributed by atoms with E-state index in [9.17, 15) is 4.79 Å². The Balaban J connectivity index is 1.77. The van der Waals surface area contributed by atoms with E-state index in [-0.39, 0.29) is 0 Å². The number of benzene rings is 3. The predicted molar refractivity (Wildman–Crippen MR) is 119 cm³/mol. The second-order valence-corrected chi connectivity index (χ2v) is 7.42. The first-order chi connectivity index (χ1) is 14.0. The van der Waals surface area contributed by atoms with Crippen LogP contribution < -0.4 is 5.73 Å². The molecule has 4 heteroatoms. The van der Waals surface area contributed by atoms with Gasteiger partial charge in [-0.1, -0.05) is 84.4 Å². The molecule has 4 rings (SSSR count). The second-order valence-electron chi connectivity index (χ2n) is 7.01. The van der Waals surface area contributed by atoms with E-state index in [0.717, 1.165) is 28.1 Å². The summed E-state index contributed by atoms with van der Waals surface area (Å²) in [5.41, 5.74) is 12.2. The van der Waals surface area contributed by atoms with Gasteiger partial charge in [0.15, 0.2) is 0 Å². The predicted octanol–water partition coefficient (Wildman–Crippen LogP) is 5.93. The van der Waals surface area contributed by atoms with Gasteiger partial charge in [-0.15, -0.1) is 0 Å². The van der Waals surface area contributed by atoms with Crippen LogP contribution >= 0.6 is 11.6 Å². The average Bonchev–Trinajstić information content (AvgIpc) is 3.07. The summed E-state index contributed by atoms with van der Waals surface area (Å²) in [4.78, 5) is 12.0. The molecule has 3 nitrogen and oxygen atoms in total. The Bertz CT molecular complexity index is 1160. The molecule has 1 amide bonds. The zero-order chi connectivity index (χ0) is 20.4. The van der Waals surface area contributed by atoms with Gasteiger partial charge in [-0.3, -0.25) is 4.79 Å². The summed E-state index contributed by atoms with van der Waals surface area (Å²) < 4.78 is 2.10. The first-order valence-corrected chi connectivity index (χ1v) is 9.81. The highest BCUT2D eigenvalue weighted by molar-refractivity contribution is 6.31. The van der Waals surface area contributed by atoms with Crippen LogP contribution in [0.25, 0.3) is 22.4 Å². The number of hydrogen-bond donors (Lipinski definition) is 1. The normalized spacial score (nSPS) is 10.8. The maximum absolute atomic E-state index is 12.0. The molecule has 3 aromatic carbocycles. The Hall–Kier alpha value is -3.30. The number of rotatable bonds is 5. The van der Waals surface area contributed by atoms with Gasteiger partial charge in [-0.2, -0.15) is 0 Å². The first-order valence-electron chi connectivity index (χ1n) is 9.44. The molecule has 2 N–H and O–H groups in total. The van der Waals surface area contributed by atoms with E-state index >= 15 is 0 Å². The Morgan fingerprint density at radius 3 is 2.10 bits per heavy atom. The SMILES string of the molecule is Cc1c(C(N)=O)cc(-c2ccc(-c3ccccc3)cc2)n1Cc1ccccc1Cl. The standard InChI is InChI=1S/C25H21ClN2O/c1-17-22(25(27)29)15-24(28(17)16-21-9-5-6-10-23(21)26)20-13-11-19(12-14-20)18-7-3-2-4-8-18/h2-15H,16H2,1H3,(H2,27,29). The molecule has 0 atom stereocenters. The highest BCUT2D eigenvalue weighted by Crippen LogP contribution is 2.30. The number of hydrogen-bond acceptors (Lipinski definition) is 1. The summed E-state index contributed by atoms with van der Waals surface area (Å²) >= 11 is 6.38. The van der Waals surface area contributed by atoms with Gasteiger partial charge in [0.2, 0.25) is 0 Å². The minimum Gasteiger partial charge on any atom is -0.366 e. The molecule has 0 saturated heterocycles. The van der Waals surface area contributed by atoms with Crippen molar-refractivity contribution in [3.8, 4) is 22.4 Å². The minimum absolute atomic E-state index is 0.428. The molecule has 4 aromatic rings. The smallest absolute Gasteiger partial charge is 0.250 e. The lowest BCUT2D eigenvalue weighted by molar-refractivity contribution is 0.0999. The number of halogens is 1. The fraction of sp³-hybridized carbons (Fsp3) is 0.0800. The van der Waals surface area contributed by atoms with Crippen molar-refractivity contribution >= 4 is 17.5 Å². The Labute approximate surface area is 175 Å². The molecule has 1 aromatic heterocycles. The van der Waals surface area contributed by atoms with Gasteiger partial charge in [0, 0.05) is 23.0 Å². The van der Waals surface area contributed by atoms with E-state index in [4.69, 9.17) is 17.3 Å². The summed E-state index contributed by atoms with van der Waals surface area (Å²) in [5, 5.41) is 0.701. The van der Waals surface area contributed by atoms with Crippen molar-refractivity contribution in [3.05, 3.63) is 107 Å². The van der Waals surface area contributed by atoms with Crippen molar-refractivity contribution in [2.75, 3.05) is 0 Å². The molecule has 1 heterocycles. The van der Waals surface area contributed by atoms with Crippen LogP contribution in [0.2, 0.25) is 5.02 Å². The third kappa shape index (κ3) is 3.82. The van der Waals surface area contributed by atoms with E-state index in [1.54, 1.807) is 0 Å². The first kappa shape index (κ1) is 19.0. The molecular weight excluding hydrogens is 380 g/mol. The molecule has 0 bridgehead atoms. The van der Waals surface area contributed by atoms with Crippen LogP contribution in [0.1, 0.15) is 21.6 Å². The van der Waals surface area contributed by atoms with Crippen LogP contribution in [0, 0.1) is 6.92 Å². The summed E-state index contributed by atoms with van der Waals surface area (Å²) in [5.74, 6) is -0.428. The number of aromatic nitrogens is 1. The minimum atomic E-state index is -0.428. The molecule has 144 valence electrons. The van der Waals surface area contributed by atoms with E-state index in [0.29, 0.717) is 17.1 Å². The van der Waals surface area contributed by atoms with Crippen molar-refractivity contribution in [2.45, 2.75) is 13.5 Å². The summed E-state index contributed by atoms with van der Waals surface area (Å²) in [6, 6.07) is 28.2. The van der Waals surface area contributed by atoms with E-state index < -0.39 is 5.91 Å².